The lowest BCUT2D eigenvalue weighted by atomic mass is 10.1. The second-order valence-corrected chi connectivity index (χ2v) is 21.9. The molecule has 9 nitrogen and oxygen atoms in total. The largest absolute Gasteiger partial charge is 0.545 e. The maximum absolute atomic E-state index is 12.9. The minimum absolute atomic E-state index is 0.121. The number of ether oxygens (including phenoxy) is 4. The number of carboxylic acid groups (broad SMARTS) is 1. The molecule has 0 saturated carbocycles. The number of esters is 2. The third kappa shape index (κ3) is 67.0. The third-order valence-corrected chi connectivity index (χ3v) is 12.7. The molecule has 0 bridgehead atoms. The molecule has 2 atom stereocenters. The van der Waals surface area contributed by atoms with Gasteiger partial charge in [0.1, 0.15) is 13.2 Å². The van der Waals surface area contributed by atoms with Crippen LogP contribution in [0.15, 0.2) is 219 Å². The molecule has 87 heavy (non-hydrogen) atoms. The number of carbonyl (C=O) groups excluding carboxylic acids is 3. The molecule has 0 saturated heterocycles. The third-order valence-electron chi connectivity index (χ3n) is 12.7. The molecule has 0 aromatic carbocycles. The first kappa shape index (κ1) is 80.6. The summed E-state index contributed by atoms with van der Waals surface area (Å²) in [6.07, 6.45) is 101. The summed E-state index contributed by atoms with van der Waals surface area (Å²) in [7, 11) is 5.88. The van der Waals surface area contributed by atoms with Crippen molar-refractivity contribution in [3.63, 3.8) is 0 Å². The number of quaternary nitrogens is 1. The van der Waals surface area contributed by atoms with Crippen LogP contribution in [0.2, 0.25) is 0 Å². The van der Waals surface area contributed by atoms with Crippen LogP contribution in [0.3, 0.4) is 0 Å². The Kier molecular flexibility index (Phi) is 60.8. The minimum atomic E-state index is -1.66. The first-order chi connectivity index (χ1) is 42.6. The average Bonchev–Trinajstić information content (AvgIpc) is 3.57. The molecule has 0 aliphatic heterocycles. The van der Waals surface area contributed by atoms with Crippen LogP contribution in [0.5, 0.6) is 0 Å². The van der Waals surface area contributed by atoms with Gasteiger partial charge in [-0.2, -0.15) is 0 Å². The molecule has 0 rings (SSSR count). The SMILES string of the molecule is CC/C=C\C/C=C\C/C=C\C/C=C\C/C=C\C/C=C\C/C=C\C/C=C\C/C=C\C/C=C\C/C=C\CCCCCC(=O)OC(COC(=O)CCCCC/C=C\C/C=C\C/C=C\C/C=C\C/C=C\C/C=C\C/C=C\CC)COC(OCC[N+](C)(C)C)C(=O)[O-]. The Labute approximate surface area is 530 Å². The summed E-state index contributed by atoms with van der Waals surface area (Å²) >= 11 is 0. The van der Waals surface area contributed by atoms with Gasteiger partial charge >= 0.3 is 11.9 Å². The zero-order valence-electron chi connectivity index (χ0n) is 54.8. The summed E-state index contributed by atoms with van der Waals surface area (Å²) in [5.74, 6) is -2.41. The summed E-state index contributed by atoms with van der Waals surface area (Å²) in [4.78, 5) is 37.4. The van der Waals surface area contributed by atoms with E-state index in [0.717, 1.165) is 154 Å². The van der Waals surface area contributed by atoms with Crippen molar-refractivity contribution in [3.05, 3.63) is 219 Å². The maximum atomic E-state index is 12.9. The van der Waals surface area contributed by atoms with Gasteiger partial charge in [-0.05, 0) is 154 Å². The summed E-state index contributed by atoms with van der Waals surface area (Å²) in [5, 5.41) is 11.8. The maximum Gasteiger partial charge on any atom is 0.306 e. The summed E-state index contributed by atoms with van der Waals surface area (Å²) in [6.45, 7) is 4.39. The number of likely N-dealkylation sites (N-methyl/N-ethyl adjacent to an activating group) is 1. The van der Waals surface area contributed by atoms with E-state index in [0.29, 0.717) is 23.9 Å². The smallest absolute Gasteiger partial charge is 0.306 e. The summed E-state index contributed by atoms with van der Waals surface area (Å²) < 4.78 is 22.6. The van der Waals surface area contributed by atoms with Crippen LogP contribution in [-0.4, -0.2) is 82.3 Å². The van der Waals surface area contributed by atoms with Gasteiger partial charge in [0.15, 0.2) is 12.4 Å². The average molecular weight is 1200 g/mol. The highest BCUT2D eigenvalue weighted by Gasteiger charge is 2.22. The Morgan fingerprint density at radius 3 is 0.897 bits per heavy atom. The number of hydrogen-bond acceptors (Lipinski definition) is 8. The van der Waals surface area contributed by atoms with Crippen molar-refractivity contribution in [1.29, 1.82) is 0 Å². The van der Waals surface area contributed by atoms with E-state index in [1.165, 1.54) is 0 Å². The molecule has 0 aliphatic rings. The Morgan fingerprint density at radius 2 is 0.621 bits per heavy atom. The molecule has 0 aromatic heterocycles. The topological polar surface area (TPSA) is 111 Å². The molecule has 0 radical (unpaired) electrons. The second-order valence-electron chi connectivity index (χ2n) is 21.9. The van der Waals surface area contributed by atoms with Crippen molar-refractivity contribution >= 4 is 17.9 Å². The lowest BCUT2D eigenvalue weighted by molar-refractivity contribution is -0.870. The monoisotopic (exact) mass is 1200 g/mol. The molecular formula is C78H117NO8. The molecule has 0 amide bonds. The highest BCUT2D eigenvalue weighted by Crippen LogP contribution is 2.11. The van der Waals surface area contributed by atoms with Crippen LogP contribution in [-0.2, 0) is 33.3 Å². The van der Waals surface area contributed by atoms with E-state index in [4.69, 9.17) is 18.9 Å². The van der Waals surface area contributed by atoms with Crippen LogP contribution >= 0.6 is 0 Å². The van der Waals surface area contributed by atoms with Gasteiger partial charge in [-0.15, -0.1) is 0 Å². The Balaban J connectivity index is 4.39. The number of carbonyl (C=O) groups is 3. The van der Waals surface area contributed by atoms with Gasteiger partial charge in [0, 0.05) is 12.8 Å². The number of unbranched alkanes of at least 4 members (excludes halogenated alkanes) is 6. The van der Waals surface area contributed by atoms with E-state index in [-0.39, 0.29) is 32.7 Å². The van der Waals surface area contributed by atoms with Gasteiger partial charge in [0.25, 0.3) is 0 Å². The predicted molar refractivity (Wildman–Crippen MR) is 370 cm³/mol. The molecule has 0 heterocycles. The lowest BCUT2D eigenvalue weighted by Crippen LogP contribution is -2.44. The second kappa shape index (κ2) is 65.6. The quantitative estimate of drug-likeness (QED) is 0.0195. The fourth-order valence-corrected chi connectivity index (χ4v) is 7.75. The molecule has 9 heteroatoms. The lowest BCUT2D eigenvalue weighted by Gasteiger charge is -2.26. The van der Waals surface area contributed by atoms with Gasteiger partial charge in [-0.3, -0.25) is 9.59 Å². The number of allylic oxidation sites excluding steroid dienone is 36. The predicted octanol–water partition coefficient (Wildman–Crippen LogP) is 19.2. The van der Waals surface area contributed by atoms with Crippen LogP contribution in [0, 0.1) is 0 Å². The van der Waals surface area contributed by atoms with Gasteiger partial charge in [0.05, 0.1) is 40.3 Å². The molecule has 0 N–H and O–H groups in total. The number of hydrogen-bond donors (Lipinski definition) is 0. The Hall–Kier alpha value is -6.39. The highest BCUT2D eigenvalue weighted by molar-refractivity contribution is 5.70. The van der Waals surface area contributed by atoms with E-state index in [2.05, 4.69) is 233 Å². The van der Waals surface area contributed by atoms with Crippen LogP contribution in [0.1, 0.15) is 194 Å². The van der Waals surface area contributed by atoms with Gasteiger partial charge in [-0.1, -0.05) is 245 Å². The fraction of sp³-hybridized carbons (Fsp3) is 0.500. The zero-order chi connectivity index (χ0) is 63.3. The van der Waals surface area contributed by atoms with Crippen LogP contribution in [0.4, 0.5) is 0 Å². The molecule has 482 valence electrons. The molecule has 2 unspecified atom stereocenters. The first-order valence-electron chi connectivity index (χ1n) is 32.9. The van der Waals surface area contributed by atoms with Crippen molar-refractivity contribution in [3.8, 4) is 0 Å². The van der Waals surface area contributed by atoms with Crippen LogP contribution < -0.4 is 5.11 Å². The number of nitrogens with zero attached hydrogens (tertiary/aromatic N) is 1. The number of rotatable bonds is 57. The van der Waals surface area contributed by atoms with Crippen molar-refractivity contribution < 1.29 is 42.9 Å². The van der Waals surface area contributed by atoms with E-state index in [1.807, 2.05) is 21.1 Å². The number of carboxylic acids is 1. The molecule has 0 fully saturated rings. The molecule has 0 aromatic rings. The number of aliphatic carboxylic acids is 1. The standard InChI is InChI=1S/C78H117NO8/c1-6-8-10-12-14-16-18-20-22-24-26-28-30-32-33-34-35-36-37-38-39-40-41-42-43-45-47-49-51-53-55-57-59-61-63-65-67-69-76(81)87-74(73-86-78(77(82)83)84-71-70-79(3,4)5)72-85-75(80)68-66-64-62-60-58-56-54-52-50-48-46-44-31-29-27-25-23-21-19-17-15-13-11-9-7-2/h8-11,14-17,20-23,26-29,32-33,35-36,38-39,41-42,44-47,50-53,56-59,74,78H,6-7,12-13,18-19,24-25,30-31,34,37,40,43,48-49,54-55,60-73H2,1-5H3/b10-8-,11-9-,16-14-,17-15-,22-20-,23-21-,28-26-,29-27-,33-32-,36-35-,39-38-,42-41-,46-44-,47-45-,52-50-,53-51-,58-56-,59-57-. The summed E-state index contributed by atoms with van der Waals surface area (Å²) in [6, 6.07) is 0. The van der Waals surface area contributed by atoms with Gasteiger partial charge in [0.2, 0.25) is 0 Å². The van der Waals surface area contributed by atoms with E-state index < -0.39 is 30.3 Å². The fourth-order valence-electron chi connectivity index (χ4n) is 7.75. The molecular weight excluding hydrogens is 1080 g/mol. The highest BCUT2D eigenvalue weighted by atomic mass is 16.7. The zero-order valence-corrected chi connectivity index (χ0v) is 54.8. The van der Waals surface area contributed by atoms with Crippen molar-refractivity contribution in [2.75, 3.05) is 47.5 Å². The first-order valence-corrected chi connectivity index (χ1v) is 32.9. The minimum Gasteiger partial charge on any atom is -0.545 e. The molecule has 0 aliphatic carbocycles. The van der Waals surface area contributed by atoms with Crippen molar-refractivity contribution in [2.45, 2.75) is 206 Å². The van der Waals surface area contributed by atoms with Crippen molar-refractivity contribution in [2.24, 2.45) is 0 Å². The van der Waals surface area contributed by atoms with Crippen LogP contribution in [0.25, 0.3) is 0 Å². The van der Waals surface area contributed by atoms with E-state index in [1.54, 1.807) is 0 Å². The normalized spacial score (nSPS) is 14.2. The summed E-state index contributed by atoms with van der Waals surface area (Å²) in [5.41, 5.74) is 0. The Morgan fingerprint density at radius 1 is 0.345 bits per heavy atom. The van der Waals surface area contributed by atoms with Crippen molar-refractivity contribution in [1.82, 2.24) is 0 Å². The van der Waals surface area contributed by atoms with Gasteiger partial charge < -0.3 is 33.3 Å². The Bertz CT molecular complexity index is 2230. The van der Waals surface area contributed by atoms with Gasteiger partial charge in [-0.25, -0.2) is 0 Å². The van der Waals surface area contributed by atoms with E-state index in [9.17, 15) is 19.5 Å². The van der Waals surface area contributed by atoms with E-state index >= 15 is 0 Å². The molecule has 0 spiro atoms.